The lowest BCUT2D eigenvalue weighted by atomic mass is 9.67. The fourth-order valence-electron chi connectivity index (χ4n) is 9.59. The maximum atomic E-state index is 2.41. The van der Waals surface area contributed by atoms with Crippen molar-refractivity contribution in [1.82, 2.24) is 0 Å². The molecule has 2 nitrogen and oxygen atoms in total. The molecule has 0 saturated carbocycles. The molecule has 0 atom stereocenters. The van der Waals surface area contributed by atoms with Gasteiger partial charge in [-0.05, 0) is 159 Å². The summed E-state index contributed by atoms with van der Waals surface area (Å²) in [5, 5.41) is 0. The van der Waals surface area contributed by atoms with Crippen LogP contribution in [0.3, 0.4) is 0 Å². The van der Waals surface area contributed by atoms with Crippen molar-refractivity contribution in [2.45, 2.75) is 47.0 Å². The minimum absolute atomic E-state index is 0.460. The van der Waals surface area contributed by atoms with Crippen molar-refractivity contribution < 1.29 is 0 Å². The molecule has 0 radical (unpaired) electrons. The molecule has 1 aliphatic rings. The fourth-order valence-corrected chi connectivity index (χ4v) is 9.59. The molecule has 63 heavy (non-hydrogen) atoms. The summed E-state index contributed by atoms with van der Waals surface area (Å²) in [6.07, 6.45) is 0. The number of benzene rings is 9. The van der Waals surface area contributed by atoms with E-state index in [0.717, 1.165) is 34.1 Å². The molecule has 9 aromatic rings. The first-order valence-corrected chi connectivity index (χ1v) is 22.1. The smallest absolute Gasteiger partial charge is 0.0713 e. The van der Waals surface area contributed by atoms with Crippen LogP contribution < -0.4 is 9.80 Å². The van der Waals surface area contributed by atoms with E-state index < -0.39 is 5.41 Å². The molecule has 0 aliphatic heterocycles. The van der Waals surface area contributed by atoms with E-state index in [2.05, 4.69) is 258 Å². The van der Waals surface area contributed by atoms with Gasteiger partial charge in [0.05, 0.1) is 5.41 Å². The number of hydrogen-bond donors (Lipinski definition) is 0. The topological polar surface area (TPSA) is 6.48 Å². The third-order valence-electron chi connectivity index (χ3n) is 13.0. The second-order valence-electron chi connectivity index (χ2n) is 17.5. The largest absolute Gasteiger partial charge is 0.311 e. The minimum Gasteiger partial charge on any atom is -0.311 e. The molecule has 0 unspecified atom stereocenters. The van der Waals surface area contributed by atoms with Crippen molar-refractivity contribution in [2.75, 3.05) is 9.80 Å². The average Bonchev–Trinajstić information content (AvgIpc) is 3.58. The maximum Gasteiger partial charge on any atom is 0.0713 e. The predicted molar refractivity (Wildman–Crippen MR) is 267 cm³/mol. The second kappa shape index (κ2) is 16.1. The van der Waals surface area contributed by atoms with E-state index >= 15 is 0 Å². The van der Waals surface area contributed by atoms with E-state index in [1.165, 1.54) is 77.9 Å². The van der Waals surface area contributed by atoms with Crippen LogP contribution in [0.1, 0.15) is 55.6 Å². The van der Waals surface area contributed by atoms with Gasteiger partial charge in [-0.1, -0.05) is 167 Å². The summed E-state index contributed by atoms with van der Waals surface area (Å²) in [7, 11) is 0. The van der Waals surface area contributed by atoms with E-state index in [4.69, 9.17) is 0 Å². The van der Waals surface area contributed by atoms with Crippen molar-refractivity contribution in [3.8, 4) is 22.3 Å². The van der Waals surface area contributed by atoms with E-state index in [9.17, 15) is 0 Å². The number of aryl methyl sites for hydroxylation is 6. The van der Waals surface area contributed by atoms with Crippen LogP contribution in [0, 0.1) is 41.5 Å². The highest BCUT2D eigenvalue weighted by atomic mass is 15.1. The lowest BCUT2D eigenvalue weighted by molar-refractivity contribution is 0.766. The molecule has 2 heteroatoms. The van der Waals surface area contributed by atoms with Crippen molar-refractivity contribution >= 4 is 34.1 Å². The summed E-state index contributed by atoms with van der Waals surface area (Å²) in [5.41, 5.74) is 24.0. The Morgan fingerprint density at radius 3 is 0.810 bits per heavy atom. The van der Waals surface area contributed by atoms with Crippen LogP contribution in [0.4, 0.5) is 34.1 Å². The summed E-state index contributed by atoms with van der Waals surface area (Å²) in [4.78, 5) is 4.70. The van der Waals surface area contributed by atoms with Crippen LogP contribution in [0.2, 0.25) is 0 Å². The highest BCUT2D eigenvalue weighted by Gasteiger charge is 2.46. The summed E-state index contributed by atoms with van der Waals surface area (Å²) in [6, 6.07) is 76.9. The quantitative estimate of drug-likeness (QED) is 0.143. The average molecular weight is 813 g/mol. The Morgan fingerprint density at radius 1 is 0.254 bits per heavy atom. The summed E-state index contributed by atoms with van der Waals surface area (Å²) < 4.78 is 0. The van der Waals surface area contributed by atoms with Crippen LogP contribution in [0.5, 0.6) is 0 Å². The van der Waals surface area contributed by atoms with Gasteiger partial charge < -0.3 is 9.80 Å². The third kappa shape index (κ3) is 7.22. The first-order valence-electron chi connectivity index (χ1n) is 22.1. The molecule has 10 rings (SSSR count). The summed E-state index contributed by atoms with van der Waals surface area (Å²) in [5.74, 6) is 0. The molecule has 0 saturated heterocycles. The second-order valence-corrected chi connectivity index (χ2v) is 17.5. The number of rotatable bonds is 9. The SMILES string of the molecule is Cc1ccc(N(c2ccc(C)cc2)c2ccc(-c3ccc(N(c4ccc(C)cc4)c4ccc(C5(c6ccc(C)cc6)c6cc(C)ccc6-c6ccc(C)cc65)cc4)cc3)cc2)cc1. The first-order chi connectivity index (χ1) is 30.6. The van der Waals surface area contributed by atoms with Gasteiger partial charge in [0, 0.05) is 34.1 Å². The fraction of sp³-hybridized carbons (Fsp3) is 0.115. The van der Waals surface area contributed by atoms with Crippen LogP contribution in [-0.4, -0.2) is 0 Å². The van der Waals surface area contributed by atoms with Gasteiger partial charge in [0.1, 0.15) is 0 Å². The predicted octanol–water partition coefficient (Wildman–Crippen LogP) is 16.5. The standard InChI is InChI=1S/C61H52N2/c1-41-7-21-49(22-8-41)61(59-39-45(5)15-37-57(59)58-38-16-46(6)40-60(58)61)50-23-35-56(36-24-50)63(53-29-13-44(4)14-30-53)55-33-19-48(20-34-55)47-17-31-54(32-18-47)62(51-25-9-42(2)10-26-51)52-27-11-43(3)12-28-52/h7-40H,1-6H3. The Hall–Kier alpha value is -7.42. The number of fused-ring (bicyclic) bond motifs is 3. The van der Waals surface area contributed by atoms with Gasteiger partial charge in [-0.2, -0.15) is 0 Å². The number of anilines is 6. The highest BCUT2D eigenvalue weighted by molar-refractivity contribution is 5.88. The van der Waals surface area contributed by atoms with Gasteiger partial charge in [0.25, 0.3) is 0 Å². The zero-order chi connectivity index (χ0) is 43.2. The van der Waals surface area contributed by atoms with Crippen LogP contribution >= 0.6 is 0 Å². The molecular weight excluding hydrogens is 761 g/mol. The molecule has 0 fully saturated rings. The Labute approximate surface area is 373 Å². The Bertz CT molecular complexity index is 2950. The van der Waals surface area contributed by atoms with Crippen molar-refractivity contribution in [3.63, 3.8) is 0 Å². The molecule has 0 N–H and O–H groups in total. The lowest BCUT2D eigenvalue weighted by Crippen LogP contribution is -2.29. The molecule has 0 spiro atoms. The highest BCUT2D eigenvalue weighted by Crippen LogP contribution is 2.57. The van der Waals surface area contributed by atoms with E-state index in [1.807, 2.05) is 0 Å². The molecule has 9 aromatic carbocycles. The van der Waals surface area contributed by atoms with Crippen LogP contribution in [0.15, 0.2) is 206 Å². The third-order valence-corrected chi connectivity index (χ3v) is 13.0. The van der Waals surface area contributed by atoms with E-state index in [0.29, 0.717) is 0 Å². The normalized spacial score (nSPS) is 12.4. The number of nitrogens with zero attached hydrogens (tertiary/aromatic N) is 2. The van der Waals surface area contributed by atoms with Gasteiger partial charge in [-0.25, -0.2) is 0 Å². The monoisotopic (exact) mass is 812 g/mol. The Kier molecular flexibility index (Phi) is 10.2. The van der Waals surface area contributed by atoms with Gasteiger partial charge in [-0.3, -0.25) is 0 Å². The molecule has 306 valence electrons. The van der Waals surface area contributed by atoms with Gasteiger partial charge in [0.15, 0.2) is 0 Å². The molecular formula is C61H52N2. The van der Waals surface area contributed by atoms with Crippen LogP contribution in [-0.2, 0) is 5.41 Å². The van der Waals surface area contributed by atoms with E-state index in [-0.39, 0.29) is 0 Å². The maximum absolute atomic E-state index is 2.41. The molecule has 1 aliphatic carbocycles. The van der Waals surface area contributed by atoms with Gasteiger partial charge in [0.2, 0.25) is 0 Å². The summed E-state index contributed by atoms with van der Waals surface area (Å²) in [6.45, 7) is 13.0. The van der Waals surface area contributed by atoms with E-state index in [1.54, 1.807) is 0 Å². The Balaban J connectivity index is 1.03. The number of hydrogen-bond acceptors (Lipinski definition) is 2. The van der Waals surface area contributed by atoms with Crippen molar-refractivity contribution in [2.24, 2.45) is 0 Å². The first kappa shape index (κ1) is 39.7. The minimum atomic E-state index is -0.460. The van der Waals surface area contributed by atoms with Crippen molar-refractivity contribution in [3.05, 3.63) is 262 Å². The van der Waals surface area contributed by atoms with Crippen LogP contribution in [0.25, 0.3) is 22.3 Å². The van der Waals surface area contributed by atoms with Gasteiger partial charge in [-0.15, -0.1) is 0 Å². The molecule has 0 amide bonds. The molecule has 0 bridgehead atoms. The Morgan fingerprint density at radius 2 is 0.492 bits per heavy atom. The molecule has 0 heterocycles. The van der Waals surface area contributed by atoms with Gasteiger partial charge >= 0.3 is 0 Å². The molecule has 0 aromatic heterocycles. The lowest BCUT2D eigenvalue weighted by Gasteiger charge is -2.35. The van der Waals surface area contributed by atoms with Crippen molar-refractivity contribution in [1.29, 1.82) is 0 Å². The zero-order valence-corrected chi connectivity index (χ0v) is 37.0. The summed E-state index contributed by atoms with van der Waals surface area (Å²) >= 11 is 0. The zero-order valence-electron chi connectivity index (χ0n) is 37.0.